The maximum atomic E-state index is 8.36. The first-order valence-electron chi connectivity index (χ1n) is 5.91. The molecule has 1 saturated heterocycles. The lowest BCUT2D eigenvalue weighted by Gasteiger charge is -2.33. The van der Waals surface area contributed by atoms with E-state index in [1.54, 1.807) is 0 Å². The molecule has 0 aromatic carbocycles. The molecule has 1 rings (SSSR count). The lowest BCUT2D eigenvalue weighted by atomic mass is 9.73. The molecular weight excluding hydrogens is 190 g/mol. The monoisotopic (exact) mass is 211 g/mol. The van der Waals surface area contributed by atoms with E-state index in [0.29, 0.717) is 6.54 Å². The van der Waals surface area contributed by atoms with E-state index in [1.165, 1.54) is 25.7 Å². The van der Waals surface area contributed by atoms with Crippen molar-refractivity contribution >= 4 is 0 Å². The summed E-state index contributed by atoms with van der Waals surface area (Å²) in [7, 11) is 0. The van der Waals surface area contributed by atoms with E-state index >= 15 is 0 Å². The smallest absolute Gasteiger partial charge is 0.0688 e. The van der Waals surface area contributed by atoms with Crippen LogP contribution in [0.1, 0.15) is 46.0 Å². The highest BCUT2D eigenvalue weighted by molar-refractivity contribution is 4.92. The summed E-state index contributed by atoms with van der Waals surface area (Å²) in [4.78, 5) is 2.83. The molecule has 1 unspecified atom stereocenters. The first-order valence-corrected chi connectivity index (χ1v) is 5.91. The summed E-state index contributed by atoms with van der Waals surface area (Å²) in [6.45, 7) is 5.74. The summed E-state index contributed by atoms with van der Waals surface area (Å²) >= 11 is 0. The SMILES string of the molecule is CCCC1(CCC)CCOC1CN=[N+]=[N-]. The van der Waals surface area contributed by atoms with Crippen molar-refractivity contribution in [3.63, 3.8) is 0 Å². The Balaban J connectivity index is 2.69. The highest BCUT2D eigenvalue weighted by Crippen LogP contribution is 2.43. The molecule has 0 bridgehead atoms. The van der Waals surface area contributed by atoms with Crippen LogP contribution in [0.25, 0.3) is 10.4 Å². The van der Waals surface area contributed by atoms with Gasteiger partial charge in [0.15, 0.2) is 0 Å². The van der Waals surface area contributed by atoms with E-state index < -0.39 is 0 Å². The fourth-order valence-corrected chi connectivity index (χ4v) is 2.79. The van der Waals surface area contributed by atoms with Gasteiger partial charge in [-0.2, -0.15) is 0 Å². The second-order valence-electron chi connectivity index (χ2n) is 4.39. The zero-order valence-electron chi connectivity index (χ0n) is 9.78. The Morgan fingerprint density at radius 1 is 1.40 bits per heavy atom. The van der Waals surface area contributed by atoms with Crippen LogP contribution >= 0.6 is 0 Å². The Labute approximate surface area is 91.6 Å². The first kappa shape index (κ1) is 12.3. The van der Waals surface area contributed by atoms with Crippen LogP contribution in [0, 0.1) is 5.41 Å². The van der Waals surface area contributed by atoms with Crippen LogP contribution in [0.5, 0.6) is 0 Å². The van der Waals surface area contributed by atoms with Crippen molar-refractivity contribution in [2.24, 2.45) is 10.5 Å². The first-order chi connectivity index (χ1) is 7.29. The minimum atomic E-state index is 0.147. The zero-order chi connectivity index (χ0) is 11.1. The molecule has 15 heavy (non-hydrogen) atoms. The zero-order valence-corrected chi connectivity index (χ0v) is 9.78. The highest BCUT2D eigenvalue weighted by atomic mass is 16.5. The number of rotatable bonds is 6. The normalized spacial score (nSPS) is 23.7. The van der Waals surface area contributed by atoms with Crippen LogP contribution in [0.4, 0.5) is 0 Å². The van der Waals surface area contributed by atoms with Gasteiger partial charge in [0.1, 0.15) is 0 Å². The summed E-state index contributed by atoms with van der Waals surface area (Å²) in [6.07, 6.45) is 6.00. The molecule has 4 heteroatoms. The molecule has 0 amide bonds. The molecule has 1 atom stereocenters. The predicted octanol–water partition coefficient (Wildman–Crippen LogP) is 3.67. The van der Waals surface area contributed by atoms with Crippen molar-refractivity contribution in [2.75, 3.05) is 13.2 Å². The molecule has 0 aromatic rings. The van der Waals surface area contributed by atoms with Gasteiger partial charge in [0.25, 0.3) is 0 Å². The standard InChI is InChI=1S/C11H21N3O/c1-3-5-11(6-4-2)7-8-15-10(11)9-13-14-12/h10H,3-9H2,1-2H3. The van der Waals surface area contributed by atoms with E-state index in [2.05, 4.69) is 23.9 Å². The third-order valence-corrected chi connectivity index (χ3v) is 3.41. The minimum absolute atomic E-state index is 0.147. The third kappa shape index (κ3) is 2.86. The quantitative estimate of drug-likeness (QED) is 0.375. The molecule has 4 nitrogen and oxygen atoms in total. The molecule has 1 fully saturated rings. The van der Waals surface area contributed by atoms with Crippen molar-refractivity contribution in [3.8, 4) is 0 Å². The van der Waals surface area contributed by atoms with Crippen LogP contribution in [0.3, 0.4) is 0 Å². The molecule has 0 saturated carbocycles. The molecule has 0 aromatic heterocycles. The van der Waals surface area contributed by atoms with E-state index in [-0.39, 0.29) is 11.5 Å². The lowest BCUT2D eigenvalue weighted by Crippen LogP contribution is -2.33. The molecular formula is C11H21N3O. The Kier molecular flexibility index (Phi) is 4.92. The summed E-state index contributed by atoms with van der Waals surface area (Å²) in [5.74, 6) is 0. The topological polar surface area (TPSA) is 58.0 Å². The lowest BCUT2D eigenvalue weighted by molar-refractivity contribution is 0.0452. The van der Waals surface area contributed by atoms with Crippen molar-refractivity contribution in [2.45, 2.75) is 52.1 Å². The second kappa shape index (κ2) is 5.99. The fourth-order valence-electron chi connectivity index (χ4n) is 2.79. The van der Waals surface area contributed by atoms with Gasteiger partial charge >= 0.3 is 0 Å². The molecule has 1 aliphatic rings. The molecule has 0 aliphatic carbocycles. The Morgan fingerprint density at radius 3 is 2.60 bits per heavy atom. The fraction of sp³-hybridized carbons (Fsp3) is 1.00. The predicted molar refractivity (Wildman–Crippen MR) is 60.6 cm³/mol. The maximum absolute atomic E-state index is 8.36. The van der Waals surface area contributed by atoms with Gasteiger partial charge in [0, 0.05) is 11.5 Å². The number of ether oxygens (including phenoxy) is 1. The molecule has 0 N–H and O–H groups in total. The summed E-state index contributed by atoms with van der Waals surface area (Å²) in [5.41, 5.74) is 8.63. The number of nitrogens with zero attached hydrogens (tertiary/aromatic N) is 3. The van der Waals surface area contributed by atoms with Gasteiger partial charge in [-0.25, -0.2) is 0 Å². The van der Waals surface area contributed by atoms with Gasteiger partial charge in [0.2, 0.25) is 0 Å². The van der Waals surface area contributed by atoms with Gasteiger partial charge in [-0.1, -0.05) is 31.8 Å². The third-order valence-electron chi connectivity index (χ3n) is 3.41. The van der Waals surface area contributed by atoms with Crippen molar-refractivity contribution in [3.05, 3.63) is 10.4 Å². The highest BCUT2D eigenvalue weighted by Gasteiger charge is 2.41. The van der Waals surface area contributed by atoms with Crippen LogP contribution < -0.4 is 0 Å². The van der Waals surface area contributed by atoms with Crippen molar-refractivity contribution in [1.82, 2.24) is 0 Å². The summed E-state index contributed by atoms with van der Waals surface area (Å²) in [5, 5.41) is 3.67. The van der Waals surface area contributed by atoms with E-state index in [9.17, 15) is 0 Å². The van der Waals surface area contributed by atoms with Gasteiger partial charge in [-0.15, -0.1) is 0 Å². The summed E-state index contributed by atoms with van der Waals surface area (Å²) < 4.78 is 5.71. The summed E-state index contributed by atoms with van der Waals surface area (Å²) in [6, 6.07) is 0. The van der Waals surface area contributed by atoms with Gasteiger partial charge < -0.3 is 4.74 Å². The Bertz CT molecular complexity index is 230. The largest absolute Gasteiger partial charge is 0.377 e. The second-order valence-corrected chi connectivity index (χ2v) is 4.39. The van der Waals surface area contributed by atoms with Gasteiger partial charge in [-0.3, -0.25) is 0 Å². The van der Waals surface area contributed by atoms with Gasteiger partial charge in [0.05, 0.1) is 12.6 Å². The van der Waals surface area contributed by atoms with E-state index in [0.717, 1.165) is 13.0 Å². The average Bonchev–Trinajstić information content (AvgIpc) is 2.59. The van der Waals surface area contributed by atoms with E-state index in [4.69, 9.17) is 10.3 Å². The van der Waals surface area contributed by atoms with Gasteiger partial charge in [-0.05, 0) is 30.2 Å². The molecule has 0 radical (unpaired) electrons. The average molecular weight is 211 g/mol. The number of hydrogen-bond acceptors (Lipinski definition) is 2. The molecule has 1 aliphatic heterocycles. The van der Waals surface area contributed by atoms with E-state index in [1.807, 2.05) is 0 Å². The van der Waals surface area contributed by atoms with Crippen LogP contribution in [-0.4, -0.2) is 19.3 Å². The molecule has 1 heterocycles. The minimum Gasteiger partial charge on any atom is -0.377 e. The number of hydrogen-bond donors (Lipinski definition) is 0. The van der Waals surface area contributed by atoms with Crippen LogP contribution in [0.2, 0.25) is 0 Å². The Morgan fingerprint density at radius 2 is 2.07 bits per heavy atom. The van der Waals surface area contributed by atoms with Crippen LogP contribution in [0.15, 0.2) is 5.11 Å². The Hall–Kier alpha value is -0.730. The van der Waals surface area contributed by atoms with Crippen LogP contribution in [-0.2, 0) is 4.74 Å². The molecule has 0 spiro atoms. The van der Waals surface area contributed by atoms with Crippen molar-refractivity contribution in [1.29, 1.82) is 0 Å². The maximum Gasteiger partial charge on any atom is 0.0688 e. The van der Waals surface area contributed by atoms with Crippen molar-refractivity contribution < 1.29 is 4.74 Å². The number of azide groups is 1. The molecule has 86 valence electrons.